The number of esters is 1. The van der Waals surface area contributed by atoms with Gasteiger partial charge in [0.15, 0.2) is 0 Å². The molecule has 0 N–H and O–H groups in total. The molecule has 74 valence electrons. The Labute approximate surface area is 75.6 Å². The zero-order valence-corrected chi connectivity index (χ0v) is 7.43. The highest BCUT2D eigenvalue weighted by atomic mass is 19.3. The van der Waals surface area contributed by atoms with E-state index in [2.05, 4.69) is 4.74 Å². The number of hydrogen-bond donors (Lipinski definition) is 0. The number of halogens is 2. The van der Waals surface area contributed by atoms with Crippen molar-refractivity contribution in [1.82, 2.24) is 0 Å². The molecule has 0 bridgehead atoms. The Morgan fingerprint density at radius 1 is 1.69 bits per heavy atom. The molecule has 0 heterocycles. The average Bonchev–Trinajstić information content (AvgIpc) is 2.56. The van der Waals surface area contributed by atoms with Crippen molar-refractivity contribution in [3.05, 3.63) is 12.2 Å². The minimum absolute atomic E-state index is 0.00907. The van der Waals surface area contributed by atoms with Gasteiger partial charge >= 0.3 is 11.9 Å². The van der Waals surface area contributed by atoms with Gasteiger partial charge in [-0.3, -0.25) is 0 Å². The van der Waals surface area contributed by atoms with Crippen molar-refractivity contribution in [3.63, 3.8) is 0 Å². The lowest BCUT2D eigenvalue weighted by Crippen LogP contribution is -2.37. The number of carbonyl (C=O) groups excluding carboxylic acids is 1. The standard InChI is InChI=1S/C9H12F2O2/c1-2-13-8(12)9(10,11)7-5-3-4-6-7/h3,5,7H,2,4,6H2,1H3. The van der Waals surface area contributed by atoms with Crippen molar-refractivity contribution in [1.29, 1.82) is 0 Å². The minimum Gasteiger partial charge on any atom is -0.462 e. The molecule has 1 aliphatic carbocycles. The van der Waals surface area contributed by atoms with Crippen LogP contribution in [0, 0.1) is 5.92 Å². The molecule has 0 saturated heterocycles. The Morgan fingerprint density at radius 2 is 2.38 bits per heavy atom. The Morgan fingerprint density at radius 3 is 2.85 bits per heavy atom. The van der Waals surface area contributed by atoms with Crippen LogP contribution in [0.2, 0.25) is 0 Å². The summed E-state index contributed by atoms with van der Waals surface area (Å²) in [7, 11) is 0. The van der Waals surface area contributed by atoms with Gasteiger partial charge in [0.1, 0.15) is 0 Å². The molecule has 1 atom stereocenters. The molecule has 0 aromatic rings. The van der Waals surface area contributed by atoms with E-state index in [9.17, 15) is 13.6 Å². The van der Waals surface area contributed by atoms with Crippen LogP contribution >= 0.6 is 0 Å². The van der Waals surface area contributed by atoms with E-state index in [0.717, 1.165) is 0 Å². The van der Waals surface area contributed by atoms with E-state index in [1.807, 2.05) is 0 Å². The second-order valence-electron chi connectivity index (χ2n) is 2.96. The third-order valence-corrected chi connectivity index (χ3v) is 2.03. The predicted octanol–water partition coefficient (Wildman–Crippen LogP) is 2.15. The zero-order valence-electron chi connectivity index (χ0n) is 7.43. The van der Waals surface area contributed by atoms with Crippen LogP contribution in [0.4, 0.5) is 8.78 Å². The zero-order chi connectivity index (χ0) is 9.90. The van der Waals surface area contributed by atoms with Crippen molar-refractivity contribution >= 4 is 5.97 Å². The van der Waals surface area contributed by atoms with Crippen LogP contribution in [0.5, 0.6) is 0 Å². The van der Waals surface area contributed by atoms with E-state index in [-0.39, 0.29) is 6.61 Å². The highest BCUT2D eigenvalue weighted by Gasteiger charge is 2.47. The first-order valence-electron chi connectivity index (χ1n) is 4.30. The summed E-state index contributed by atoms with van der Waals surface area (Å²) < 4.78 is 30.7. The lowest BCUT2D eigenvalue weighted by Gasteiger charge is -2.19. The largest absolute Gasteiger partial charge is 0.462 e. The lowest BCUT2D eigenvalue weighted by atomic mass is 10.0. The molecule has 0 amide bonds. The molecular formula is C9H12F2O2. The molecule has 0 aromatic heterocycles. The Kier molecular flexibility index (Phi) is 3.01. The van der Waals surface area contributed by atoms with Gasteiger partial charge in [0, 0.05) is 0 Å². The van der Waals surface area contributed by atoms with E-state index < -0.39 is 17.8 Å². The number of carbonyl (C=O) groups is 1. The molecule has 0 aromatic carbocycles. The second-order valence-corrected chi connectivity index (χ2v) is 2.96. The topological polar surface area (TPSA) is 26.3 Å². The van der Waals surface area contributed by atoms with Crippen molar-refractivity contribution in [2.45, 2.75) is 25.7 Å². The fourth-order valence-corrected chi connectivity index (χ4v) is 1.31. The van der Waals surface area contributed by atoms with Gasteiger partial charge in [0.05, 0.1) is 12.5 Å². The maximum Gasteiger partial charge on any atom is 0.377 e. The minimum atomic E-state index is -3.36. The van der Waals surface area contributed by atoms with Gasteiger partial charge in [-0.1, -0.05) is 12.2 Å². The van der Waals surface area contributed by atoms with E-state index in [1.165, 1.54) is 13.0 Å². The van der Waals surface area contributed by atoms with Crippen LogP contribution in [0.1, 0.15) is 19.8 Å². The SMILES string of the molecule is CCOC(=O)C(F)(F)C1C=CCC1. The molecular weight excluding hydrogens is 178 g/mol. The number of ether oxygens (including phenoxy) is 1. The Balaban J connectivity index is 2.63. The molecule has 13 heavy (non-hydrogen) atoms. The summed E-state index contributed by atoms with van der Waals surface area (Å²) in [4.78, 5) is 10.8. The monoisotopic (exact) mass is 190 g/mol. The molecule has 1 rings (SSSR count). The normalized spacial score (nSPS) is 21.9. The highest BCUT2D eigenvalue weighted by Crippen LogP contribution is 2.34. The summed E-state index contributed by atoms with van der Waals surface area (Å²) >= 11 is 0. The van der Waals surface area contributed by atoms with Gasteiger partial charge in [0.2, 0.25) is 0 Å². The maximum atomic E-state index is 13.2. The van der Waals surface area contributed by atoms with Crippen LogP contribution in [-0.4, -0.2) is 18.5 Å². The third-order valence-electron chi connectivity index (χ3n) is 2.03. The van der Waals surface area contributed by atoms with Crippen LogP contribution in [0.25, 0.3) is 0 Å². The smallest absolute Gasteiger partial charge is 0.377 e. The molecule has 2 nitrogen and oxygen atoms in total. The van der Waals surface area contributed by atoms with Gasteiger partial charge < -0.3 is 4.74 Å². The van der Waals surface area contributed by atoms with Crippen LogP contribution < -0.4 is 0 Å². The molecule has 1 unspecified atom stereocenters. The fourth-order valence-electron chi connectivity index (χ4n) is 1.31. The summed E-state index contributed by atoms with van der Waals surface area (Å²) in [5, 5.41) is 0. The van der Waals surface area contributed by atoms with E-state index in [0.29, 0.717) is 12.8 Å². The maximum absolute atomic E-state index is 13.2. The fraction of sp³-hybridized carbons (Fsp3) is 0.667. The summed E-state index contributed by atoms with van der Waals surface area (Å²) in [6.45, 7) is 1.50. The van der Waals surface area contributed by atoms with Crippen molar-refractivity contribution in [2.24, 2.45) is 5.92 Å². The van der Waals surface area contributed by atoms with Crippen LogP contribution in [-0.2, 0) is 9.53 Å². The quantitative estimate of drug-likeness (QED) is 0.503. The predicted molar refractivity (Wildman–Crippen MR) is 43.4 cm³/mol. The number of rotatable bonds is 3. The van der Waals surface area contributed by atoms with Gasteiger partial charge in [-0.25, -0.2) is 4.79 Å². The second kappa shape index (κ2) is 3.85. The lowest BCUT2D eigenvalue weighted by molar-refractivity contribution is -0.177. The van der Waals surface area contributed by atoms with Crippen molar-refractivity contribution in [2.75, 3.05) is 6.61 Å². The average molecular weight is 190 g/mol. The molecule has 4 heteroatoms. The van der Waals surface area contributed by atoms with E-state index in [1.54, 1.807) is 6.08 Å². The number of hydrogen-bond acceptors (Lipinski definition) is 2. The molecule has 0 radical (unpaired) electrons. The molecule has 0 aliphatic heterocycles. The number of alkyl halides is 2. The number of allylic oxidation sites excluding steroid dienone is 2. The first-order valence-corrected chi connectivity index (χ1v) is 4.30. The summed E-state index contributed by atoms with van der Waals surface area (Å²) in [6.07, 6.45) is 3.99. The summed E-state index contributed by atoms with van der Waals surface area (Å²) in [5.41, 5.74) is 0. The van der Waals surface area contributed by atoms with Gasteiger partial charge in [-0.05, 0) is 19.8 Å². The highest BCUT2D eigenvalue weighted by molar-refractivity contribution is 5.78. The third kappa shape index (κ3) is 2.05. The van der Waals surface area contributed by atoms with Gasteiger partial charge in [0.25, 0.3) is 0 Å². The summed E-state index contributed by atoms with van der Waals surface area (Å²) in [5.74, 6) is -5.75. The van der Waals surface area contributed by atoms with Crippen molar-refractivity contribution in [3.8, 4) is 0 Å². The van der Waals surface area contributed by atoms with Crippen LogP contribution in [0.15, 0.2) is 12.2 Å². The van der Waals surface area contributed by atoms with Gasteiger partial charge in [-0.2, -0.15) is 8.78 Å². The summed E-state index contributed by atoms with van der Waals surface area (Å²) in [6, 6.07) is 0. The molecule has 0 spiro atoms. The van der Waals surface area contributed by atoms with Crippen molar-refractivity contribution < 1.29 is 18.3 Å². The first-order chi connectivity index (χ1) is 6.09. The molecule has 1 aliphatic rings. The Hall–Kier alpha value is -0.930. The molecule has 0 fully saturated rings. The van der Waals surface area contributed by atoms with Gasteiger partial charge in [-0.15, -0.1) is 0 Å². The van der Waals surface area contributed by atoms with Crippen LogP contribution in [0.3, 0.4) is 0 Å². The Bertz CT molecular complexity index is 224. The van der Waals surface area contributed by atoms with E-state index in [4.69, 9.17) is 0 Å². The first kappa shape index (κ1) is 10.2. The van der Waals surface area contributed by atoms with E-state index >= 15 is 0 Å². The molecule has 0 saturated carbocycles.